The van der Waals surface area contributed by atoms with Crippen molar-refractivity contribution in [1.29, 1.82) is 0 Å². The number of aromatic nitrogens is 3. The Morgan fingerprint density at radius 2 is 1.82 bits per heavy atom. The molecule has 0 unspecified atom stereocenters. The third-order valence-electron chi connectivity index (χ3n) is 3.49. The first-order chi connectivity index (χ1) is 13.3. The highest BCUT2D eigenvalue weighted by molar-refractivity contribution is 6.05. The molecule has 146 valence electrons. The van der Waals surface area contributed by atoms with Crippen molar-refractivity contribution in [2.45, 2.75) is 12.8 Å². The molecule has 0 aliphatic rings. The summed E-state index contributed by atoms with van der Waals surface area (Å²) in [4.78, 5) is 16.2. The normalized spacial score (nSPS) is 11.5. The summed E-state index contributed by atoms with van der Waals surface area (Å²) >= 11 is 0. The van der Waals surface area contributed by atoms with Crippen molar-refractivity contribution in [2.24, 2.45) is 0 Å². The number of alkyl halides is 5. The van der Waals surface area contributed by atoms with Crippen LogP contribution >= 0.6 is 0 Å². The lowest BCUT2D eigenvalue weighted by molar-refractivity contribution is -0.143. The van der Waals surface area contributed by atoms with Crippen LogP contribution in [0.1, 0.15) is 16.1 Å². The zero-order valence-electron chi connectivity index (χ0n) is 13.8. The predicted octanol–water partition coefficient (Wildman–Crippen LogP) is 4.14. The fraction of sp³-hybridized carbons (Fsp3) is 0.118. The van der Waals surface area contributed by atoms with E-state index in [0.29, 0.717) is 4.68 Å². The van der Waals surface area contributed by atoms with Crippen molar-refractivity contribution < 1.29 is 31.5 Å². The van der Waals surface area contributed by atoms with E-state index in [4.69, 9.17) is 0 Å². The van der Waals surface area contributed by atoms with Crippen molar-refractivity contribution >= 4 is 11.6 Å². The Labute approximate surface area is 154 Å². The van der Waals surface area contributed by atoms with Gasteiger partial charge in [0.1, 0.15) is 5.75 Å². The molecule has 11 heteroatoms. The van der Waals surface area contributed by atoms with Crippen LogP contribution in [0.5, 0.6) is 5.75 Å². The molecule has 3 aromatic rings. The maximum Gasteiger partial charge on any atom is 0.434 e. The minimum atomic E-state index is -4.88. The van der Waals surface area contributed by atoms with Crippen LogP contribution in [-0.4, -0.2) is 27.3 Å². The van der Waals surface area contributed by atoms with E-state index in [9.17, 15) is 26.7 Å². The molecule has 0 radical (unpaired) electrons. The Morgan fingerprint density at radius 1 is 1.11 bits per heavy atom. The second-order valence-electron chi connectivity index (χ2n) is 5.36. The molecule has 6 nitrogen and oxygen atoms in total. The lowest BCUT2D eigenvalue weighted by Crippen LogP contribution is -2.21. The van der Waals surface area contributed by atoms with Crippen LogP contribution in [0.4, 0.5) is 27.6 Å². The molecule has 0 aliphatic heterocycles. The van der Waals surface area contributed by atoms with E-state index >= 15 is 0 Å². The van der Waals surface area contributed by atoms with Crippen LogP contribution in [0.3, 0.4) is 0 Å². The van der Waals surface area contributed by atoms with Crippen LogP contribution < -0.4 is 10.1 Å². The van der Waals surface area contributed by atoms with Gasteiger partial charge in [-0.3, -0.25) is 4.79 Å². The summed E-state index contributed by atoms with van der Waals surface area (Å²) in [5, 5.41) is 5.89. The first-order valence-corrected chi connectivity index (χ1v) is 7.68. The highest BCUT2D eigenvalue weighted by atomic mass is 19.4. The summed E-state index contributed by atoms with van der Waals surface area (Å²) in [7, 11) is 0. The summed E-state index contributed by atoms with van der Waals surface area (Å²) in [6.07, 6.45) is -2.81. The first kappa shape index (κ1) is 19.3. The molecule has 0 fully saturated rings. The number of halogens is 5. The van der Waals surface area contributed by atoms with Gasteiger partial charge in [0.05, 0.1) is 11.8 Å². The molecule has 2 aromatic heterocycles. The number of pyridine rings is 1. The number of nitrogens with zero attached hydrogens (tertiary/aromatic N) is 3. The second kappa shape index (κ2) is 7.62. The topological polar surface area (TPSA) is 69.0 Å². The van der Waals surface area contributed by atoms with Crippen LogP contribution in [0.2, 0.25) is 0 Å². The molecular formula is C17H11F5N4O2. The third kappa shape index (κ3) is 4.24. The minimum absolute atomic E-state index is 0.0883. The van der Waals surface area contributed by atoms with Gasteiger partial charge in [-0.25, -0.2) is 9.67 Å². The molecule has 1 aromatic carbocycles. The van der Waals surface area contributed by atoms with Gasteiger partial charge in [-0.05, 0) is 36.4 Å². The van der Waals surface area contributed by atoms with Gasteiger partial charge in [0.15, 0.2) is 11.5 Å². The lowest BCUT2D eigenvalue weighted by atomic mass is 10.2. The molecule has 1 N–H and O–H groups in total. The molecule has 0 saturated heterocycles. The standard InChI is InChI=1S/C17H11F5N4O2/c18-16(19)28-11-6-4-10(5-7-11)25-15(27)12-9-24-26(14(12)17(20,21)22)13-3-1-2-8-23-13/h1-9,16H,(H,25,27). The molecule has 2 heterocycles. The van der Waals surface area contributed by atoms with E-state index < -0.39 is 30.0 Å². The lowest BCUT2D eigenvalue weighted by Gasteiger charge is -2.12. The maximum absolute atomic E-state index is 13.5. The summed E-state index contributed by atoms with van der Waals surface area (Å²) < 4.78 is 69.6. The fourth-order valence-corrected chi connectivity index (χ4v) is 2.36. The zero-order chi connectivity index (χ0) is 20.3. The molecular weight excluding hydrogens is 387 g/mol. The van der Waals surface area contributed by atoms with E-state index in [1.807, 2.05) is 0 Å². The molecule has 1 amide bonds. The monoisotopic (exact) mass is 398 g/mol. The van der Waals surface area contributed by atoms with Crippen molar-refractivity contribution in [1.82, 2.24) is 14.8 Å². The Kier molecular flexibility index (Phi) is 5.25. The first-order valence-electron chi connectivity index (χ1n) is 7.68. The highest BCUT2D eigenvalue weighted by Gasteiger charge is 2.40. The molecule has 0 aliphatic carbocycles. The van der Waals surface area contributed by atoms with Crippen molar-refractivity contribution in [2.75, 3.05) is 5.32 Å². The van der Waals surface area contributed by atoms with Gasteiger partial charge in [0.2, 0.25) is 0 Å². The number of nitrogens with one attached hydrogen (secondary N) is 1. The third-order valence-corrected chi connectivity index (χ3v) is 3.49. The smallest absolute Gasteiger partial charge is 0.434 e. The average Bonchev–Trinajstić information content (AvgIpc) is 3.09. The average molecular weight is 398 g/mol. The number of ether oxygens (including phenoxy) is 1. The Morgan fingerprint density at radius 3 is 2.39 bits per heavy atom. The van der Waals surface area contributed by atoms with Crippen LogP contribution in [0.25, 0.3) is 5.82 Å². The number of carbonyl (C=O) groups is 1. The summed E-state index contributed by atoms with van der Waals surface area (Å²) in [6, 6.07) is 9.03. The van der Waals surface area contributed by atoms with E-state index in [1.54, 1.807) is 0 Å². The number of benzene rings is 1. The number of anilines is 1. The van der Waals surface area contributed by atoms with Gasteiger partial charge in [-0.1, -0.05) is 6.07 Å². The summed E-state index contributed by atoms with van der Waals surface area (Å²) in [5.74, 6) is -1.34. The Balaban J connectivity index is 1.89. The van der Waals surface area contributed by atoms with Crippen molar-refractivity contribution in [3.63, 3.8) is 0 Å². The molecule has 28 heavy (non-hydrogen) atoms. The van der Waals surface area contributed by atoms with Gasteiger partial charge in [-0.2, -0.15) is 27.1 Å². The van der Waals surface area contributed by atoms with Gasteiger partial charge in [-0.15, -0.1) is 0 Å². The SMILES string of the molecule is O=C(Nc1ccc(OC(F)F)cc1)c1cnn(-c2ccccn2)c1C(F)(F)F. The quantitative estimate of drug-likeness (QED) is 0.656. The molecule has 0 spiro atoms. The van der Waals surface area contributed by atoms with Crippen LogP contribution in [0, 0.1) is 0 Å². The summed E-state index contributed by atoms with van der Waals surface area (Å²) in [5.41, 5.74) is -1.92. The van der Waals surface area contributed by atoms with Gasteiger partial charge >= 0.3 is 12.8 Å². The number of rotatable bonds is 5. The number of carbonyl (C=O) groups excluding carboxylic acids is 1. The maximum atomic E-state index is 13.5. The van der Waals surface area contributed by atoms with Gasteiger partial charge in [0.25, 0.3) is 5.91 Å². The Bertz CT molecular complexity index is 956. The molecule has 3 rings (SSSR count). The van der Waals surface area contributed by atoms with Gasteiger partial charge < -0.3 is 10.1 Å². The minimum Gasteiger partial charge on any atom is -0.435 e. The highest BCUT2D eigenvalue weighted by Crippen LogP contribution is 2.33. The number of hydrogen-bond acceptors (Lipinski definition) is 4. The van der Waals surface area contributed by atoms with E-state index in [0.717, 1.165) is 18.3 Å². The number of amides is 1. The molecule has 0 saturated carbocycles. The van der Waals surface area contributed by atoms with E-state index in [1.165, 1.54) is 36.5 Å². The largest absolute Gasteiger partial charge is 0.435 e. The van der Waals surface area contributed by atoms with E-state index in [-0.39, 0.29) is 17.3 Å². The second-order valence-corrected chi connectivity index (χ2v) is 5.36. The van der Waals surface area contributed by atoms with Crippen LogP contribution in [0.15, 0.2) is 54.9 Å². The van der Waals surface area contributed by atoms with Crippen molar-refractivity contribution in [3.05, 3.63) is 66.1 Å². The Hall–Kier alpha value is -3.50. The predicted molar refractivity (Wildman–Crippen MR) is 87.4 cm³/mol. The fourth-order valence-electron chi connectivity index (χ4n) is 2.36. The molecule has 0 bridgehead atoms. The summed E-state index contributed by atoms with van der Waals surface area (Å²) in [6.45, 7) is -3.02. The molecule has 0 atom stereocenters. The van der Waals surface area contributed by atoms with Crippen molar-refractivity contribution in [3.8, 4) is 11.6 Å². The van der Waals surface area contributed by atoms with E-state index in [2.05, 4.69) is 20.1 Å². The van der Waals surface area contributed by atoms with Crippen LogP contribution in [-0.2, 0) is 6.18 Å². The van der Waals surface area contributed by atoms with Gasteiger partial charge in [0, 0.05) is 11.9 Å². The zero-order valence-corrected chi connectivity index (χ0v) is 13.8. The number of hydrogen-bond donors (Lipinski definition) is 1.